The molecule has 1 aliphatic rings. The van der Waals surface area contributed by atoms with E-state index in [1.165, 1.54) is 94.2 Å². The van der Waals surface area contributed by atoms with Gasteiger partial charge in [0.1, 0.15) is 0 Å². The first-order valence-corrected chi connectivity index (χ1v) is 18.8. The van der Waals surface area contributed by atoms with Crippen molar-refractivity contribution in [2.75, 3.05) is 0 Å². The van der Waals surface area contributed by atoms with Crippen LogP contribution in [0.5, 0.6) is 0 Å². The standard InChI is InChI=1S/C25H17.C13H10.C11H17.2ClH.Zr/c1-3-7-18(8-4-1)20-11-13-24-22(15-20)17-23-16-21(12-14-25(23)24)19-9-5-2-6-10-19;1-3-7-12(8-4-1)11-13-9-5-2-6-10-13;1-5-9-6-7-10(8-9)11(2,3)4;;;/h1-15H,17H2;1-10H;6-8H,5H2,1-4H3;2*1H;/q-1;;-1;;;+2/p-2. The van der Waals surface area contributed by atoms with Gasteiger partial charge in [0.25, 0.3) is 0 Å². The summed E-state index contributed by atoms with van der Waals surface area (Å²) in [6.07, 6.45) is 2.11. The van der Waals surface area contributed by atoms with E-state index in [9.17, 15) is 0 Å². The van der Waals surface area contributed by atoms with Crippen molar-refractivity contribution in [3.05, 3.63) is 209 Å². The second-order valence-electron chi connectivity index (χ2n) is 13.8. The predicted molar refractivity (Wildman–Crippen MR) is 211 cm³/mol. The third-order valence-corrected chi connectivity index (χ3v) is 10.6. The Morgan fingerprint density at radius 2 is 1.13 bits per heavy atom. The quantitative estimate of drug-likeness (QED) is 0.176. The van der Waals surface area contributed by atoms with Crippen LogP contribution in [-0.4, -0.2) is 3.21 Å². The van der Waals surface area contributed by atoms with Gasteiger partial charge in [-0.2, -0.15) is 23.3 Å². The second kappa shape index (κ2) is 19.2. The van der Waals surface area contributed by atoms with Crippen LogP contribution < -0.4 is 24.8 Å². The van der Waals surface area contributed by atoms with Crippen molar-refractivity contribution < 1.29 is 49.0 Å². The molecule has 0 nitrogen and oxygen atoms in total. The minimum Gasteiger partial charge on any atom is -0.143 e. The first-order chi connectivity index (χ1) is 24.3. The number of aryl methyl sites for hydroxylation is 1. The van der Waals surface area contributed by atoms with E-state index in [-0.39, 0.29) is 24.8 Å². The Hall–Kier alpha value is -4.00. The SMILES string of the molecule is CCc1cc(C(C)(C)C)c[cH-]1.[Cl-].[Cl-].[Zr+2]=[C](c1ccccc1)c1ccccc1.[c-]1c(-c2ccccc2)ccc2c1Cc1cc(-c3ccccc3)ccc1-2. The average molecular weight is 795 g/mol. The molecule has 0 aliphatic heterocycles. The number of hydrogen-bond donors (Lipinski definition) is 0. The fraction of sp³-hybridized carbons (Fsp3) is 0.143. The maximum Gasteiger partial charge on any atom is -0.0181 e. The van der Waals surface area contributed by atoms with Crippen LogP contribution in [0.15, 0.2) is 170 Å². The summed E-state index contributed by atoms with van der Waals surface area (Å²) in [6.45, 7) is 8.95. The van der Waals surface area contributed by atoms with E-state index in [2.05, 4.69) is 204 Å². The number of rotatable bonds is 5. The maximum absolute atomic E-state index is 3.65. The zero-order valence-electron chi connectivity index (χ0n) is 30.3. The van der Waals surface area contributed by atoms with Crippen LogP contribution in [0.25, 0.3) is 33.4 Å². The zero-order chi connectivity index (χ0) is 34.9. The molecule has 0 atom stereocenters. The van der Waals surface area contributed by atoms with E-state index in [0.29, 0.717) is 5.41 Å². The van der Waals surface area contributed by atoms with E-state index in [4.69, 9.17) is 0 Å². The van der Waals surface area contributed by atoms with E-state index in [1.54, 1.807) is 0 Å². The fourth-order valence-corrected chi connectivity index (χ4v) is 7.09. The van der Waals surface area contributed by atoms with Gasteiger partial charge in [0, 0.05) is 0 Å². The van der Waals surface area contributed by atoms with Crippen molar-refractivity contribution in [1.82, 2.24) is 0 Å². The molecule has 0 unspecified atom stereocenters. The van der Waals surface area contributed by atoms with Crippen LogP contribution in [0.2, 0.25) is 0 Å². The fourth-order valence-electron chi connectivity index (χ4n) is 6.28. The van der Waals surface area contributed by atoms with Crippen LogP contribution >= 0.6 is 0 Å². The molecule has 0 radical (unpaired) electrons. The van der Waals surface area contributed by atoms with E-state index >= 15 is 0 Å². The molecule has 0 heterocycles. The minimum absolute atomic E-state index is 0. The van der Waals surface area contributed by atoms with E-state index < -0.39 is 0 Å². The Bertz CT molecular complexity index is 2010. The molecular weight excluding hydrogens is 751 g/mol. The molecule has 0 saturated carbocycles. The number of halogens is 2. The van der Waals surface area contributed by atoms with Gasteiger partial charge >= 0.3 is 99.2 Å². The largest absolute Gasteiger partial charge is 0.143 e. The van der Waals surface area contributed by atoms with Crippen molar-refractivity contribution in [2.24, 2.45) is 0 Å². The number of benzene rings is 6. The first kappa shape index (κ1) is 40.8. The summed E-state index contributed by atoms with van der Waals surface area (Å²) in [7, 11) is 0. The Balaban J connectivity index is 0.000000191. The molecule has 0 fully saturated rings. The van der Waals surface area contributed by atoms with Crippen LogP contribution in [-0.2, 0) is 42.5 Å². The Morgan fingerprint density at radius 1 is 0.615 bits per heavy atom. The van der Waals surface area contributed by atoms with Gasteiger partial charge in [-0.3, -0.25) is 0 Å². The number of hydrogen-bond acceptors (Lipinski definition) is 0. The second-order valence-corrected chi connectivity index (χ2v) is 15.0. The summed E-state index contributed by atoms with van der Waals surface area (Å²) in [5.41, 5.74) is 16.2. The first-order valence-electron chi connectivity index (χ1n) is 17.5. The molecule has 0 aromatic heterocycles. The molecule has 0 bridgehead atoms. The van der Waals surface area contributed by atoms with Crippen molar-refractivity contribution in [1.29, 1.82) is 0 Å². The van der Waals surface area contributed by atoms with Gasteiger partial charge in [-0.1, -0.05) is 135 Å². The van der Waals surface area contributed by atoms with E-state index in [1.807, 2.05) is 0 Å². The minimum atomic E-state index is 0. The topological polar surface area (TPSA) is 0 Å². The van der Waals surface area contributed by atoms with Gasteiger partial charge < -0.3 is 24.8 Å². The van der Waals surface area contributed by atoms with E-state index in [0.717, 1.165) is 12.8 Å². The molecule has 7 aromatic rings. The molecule has 8 rings (SSSR count). The van der Waals surface area contributed by atoms with Gasteiger partial charge in [-0.05, 0) is 23.1 Å². The molecule has 3 heteroatoms. The average Bonchev–Trinajstić information content (AvgIpc) is 3.81. The van der Waals surface area contributed by atoms with Crippen LogP contribution in [0.4, 0.5) is 0 Å². The molecular formula is C49H44Cl2Zr-2. The van der Waals surface area contributed by atoms with Crippen molar-refractivity contribution in [3.8, 4) is 33.4 Å². The number of fused-ring (bicyclic) bond motifs is 3. The molecule has 0 saturated heterocycles. The van der Waals surface area contributed by atoms with Crippen molar-refractivity contribution >= 4 is 3.21 Å². The monoisotopic (exact) mass is 792 g/mol. The van der Waals surface area contributed by atoms with Gasteiger partial charge in [0.2, 0.25) is 0 Å². The van der Waals surface area contributed by atoms with Crippen LogP contribution in [0.1, 0.15) is 61.1 Å². The molecule has 7 aromatic carbocycles. The zero-order valence-corrected chi connectivity index (χ0v) is 34.3. The van der Waals surface area contributed by atoms with Gasteiger partial charge in [-0.25, -0.2) is 6.07 Å². The molecule has 0 N–H and O–H groups in total. The third kappa shape index (κ3) is 10.3. The van der Waals surface area contributed by atoms with Gasteiger partial charge in [0.05, 0.1) is 0 Å². The maximum atomic E-state index is 3.65. The van der Waals surface area contributed by atoms with Crippen molar-refractivity contribution in [3.63, 3.8) is 0 Å². The van der Waals surface area contributed by atoms with Crippen LogP contribution in [0.3, 0.4) is 0 Å². The predicted octanol–water partition coefficient (Wildman–Crippen LogP) is 6.47. The normalized spacial score (nSPS) is 10.9. The summed E-state index contributed by atoms with van der Waals surface area (Å²) >= 11 is 1.46. The molecule has 52 heavy (non-hydrogen) atoms. The Kier molecular flexibility index (Phi) is 15.0. The Morgan fingerprint density at radius 3 is 1.63 bits per heavy atom. The molecule has 0 amide bonds. The third-order valence-electron chi connectivity index (χ3n) is 9.20. The summed E-state index contributed by atoms with van der Waals surface area (Å²) in [4.78, 5) is 0. The summed E-state index contributed by atoms with van der Waals surface area (Å²) in [5, 5.41) is 0. The van der Waals surface area contributed by atoms with Gasteiger partial charge in [-0.15, -0.1) is 29.3 Å². The molecule has 1 aliphatic carbocycles. The summed E-state index contributed by atoms with van der Waals surface area (Å²) in [5.74, 6) is 0. The summed E-state index contributed by atoms with van der Waals surface area (Å²) < 4.78 is 1.42. The van der Waals surface area contributed by atoms with Crippen LogP contribution in [0, 0.1) is 6.07 Å². The molecule has 0 spiro atoms. The van der Waals surface area contributed by atoms with Crippen molar-refractivity contribution in [2.45, 2.75) is 46.0 Å². The Labute approximate surface area is 338 Å². The van der Waals surface area contributed by atoms with Gasteiger partial charge in [0.15, 0.2) is 0 Å². The smallest absolute Gasteiger partial charge is 0.0181 e. The molecule has 260 valence electrons. The summed E-state index contributed by atoms with van der Waals surface area (Å²) in [6, 6.07) is 63.9.